The average molecular weight is 184 g/mol. The summed E-state index contributed by atoms with van der Waals surface area (Å²) >= 11 is 0. The van der Waals surface area contributed by atoms with E-state index >= 15 is 0 Å². The van der Waals surface area contributed by atoms with Crippen LogP contribution in [-0.2, 0) is 13.0 Å². The summed E-state index contributed by atoms with van der Waals surface area (Å²) in [5.74, 6) is 0. The second-order valence-corrected chi connectivity index (χ2v) is 2.47. The van der Waals surface area contributed by atoms with Crippen LogP contribution in [0.4, 0.5) is 0 Å². The van der Waals surface area contributed by atoms with Gasteiger partial charge in [-0.05, 0) is 17.5 Å². The maximum atomic E-state index is 5.55. The molecule has 0 spiro atoms. The van der Waals surface area contributed by atoms with E-state index in [1.54, 1.807) is 0 Å². The lowest BCUT2D eigenvalue weighted by atomic mass is 10.1. The Kier molecular flexibility index (Phi) is 5.43. The molecule has 12 heavy (non-hydrogen) atoms. The molecule has 0 saturated heterocycles. The third-order valence-electron chi connectivity index (χ3n) is 1.70. The van der Waals surface area contributed by atoms with Gasteiger partial charge in [0.15, 0.2) is 0 Å². The van der Waals surface area contributed by atoms with Crippen molar-refractivity contribution in [3.8, 4) is 0 Å². The normalized spacial score (nSPS) is 8.75. The zero-order valence-corrected chi connectivity index (χ0v) is 7.81. The Balaban J connectivity index is 0.00000121. The van der Waals surface area contributed by atoms with Crippen molar-refractivity contribution in [3.05, 3.63) is 48.0 Å². The van der Waals surface area contributed by atoms with Crippen molar-refractivity contribution in [1.82, 2.24) is 0 Å². The van der Waals surface area contributed by atoms with Gasteiger partial charge < -0.3 is 5.73 Å². The minimum absolute atomic E-state index is 0. The van der Waals surface area contributed by atoms with Gasteiger partial charge in [-0.3, -0.25) is 0 Å². The van der Waals surface area contributed by atoms with E-state index in [0.717, 1.165) is 6.42 Å². The zero-order chi connectivity index (χ0) is 8.10. The first kappa shape index (κ1) is 11.2. The zero-order valence-electron chi connectivity index (χ0n) is 6.99. The lowest BCUT2D eigenvalue weighted by molar-refractivity contribution is 1.03. The van der Waals surface area contributed by atoms with Gasteiger partial charge in [-0.2, -0.15) is 0 Å². The summed E-state index contributed by atoms with van der Waals surface area (Å²) in [6, 6.07) is 8.18. The molecule has 0 bridgehead atoms. The van der Waals surface area contributed by atoms with E-state index in [9.17, 15) is 0 Å². The van der Waals surface area contributed by atoms with E-state index in [4.69, 9.17) is 5.73 Å². The van der Waals surface area contributed by atoms with Gasteiger partial charge in [0, 0.05) is 6.54 Å². The summed E-state index contributed by atoms with van der Waals surface area (Å²) < 4.78 is 0. The molecule has 1 rings (SSSR count). The van der Waals surface area contributed by atoms with Crippen LogP contribution in [0.2, 0.25) is 0 Å². The van der Waals surface area contributed by atoms with Gasteiger partial charge in [-0.15, -0.1) is 19.0 Å². The number of halogens is 1. The third kappa shape index (κ3) is 2.68. The van der Waals surface area contributed by atoms with Crippen LogP contribution in [0.5, 0.6) is 0 Å². The molecular weight excluding hydrogens is 170 g/mol. The van der Waals surface area contributed by atoms with Crippen LogP contribution in [0.15, 0.2) is 36.9 Å². The Bertz CT molecular complexity index is 245. The highest BCUT2D eigenvalue weighted by Gasteiger charge is 1.95. The van der Waals surface area contributed by atoms with Crippen molar-refractivity contribution in [2.24, 2.45) is 5.73 Å². The van der Waals surface area contributed by atoms with Crippen molar-refractivity contribution in [2.75, 3.05) is 0 Å². The molecule has 0 fully saturated rings. The SMILES string of the molecule is C=CCc1ccccc1CN.Cl. The minimum Gasteiger partial charge on any atom is -0.326 e. The summed E-state index contributed by atoms with van der Waals surface area (Å²) in [6.07, 6.45) is 2.81. The fraction of sp³-hybridized carbons (Fsp3) is 0.200. The Labute approximate surface area is 79.7 Å². The quantitative estimate of drug-likeness (QED) is 0.716. The lowest BCUT2D eigenvalue weighted by Crippen LogP contribution is -2.00. The molecule has 1 aromatic rings. The molecule has 0 saturated carbocycles. The number of nitrogens with two attached hydrogens (primary N) is 1. The molecule has 0 aliphatic heterocycles. The molecule has 0 amide bonds. The summed E-state index contributed by atoms with van der Waals surface area (Å²) in [5, 5.41) is 0. The van der Waals surface area contributed by atoms with E-state index in [0.29, 0.717) is 6.54 Å². The van der Waals surface area contributed by atoms with E-state index in [1.807, 2.05) is 18.2 Å². The van der Waals surface area contributed by atoms with E-state index in [1.165, 1.54) is 11.1 Å². The molecule has 0 aliphatic rings. The van der Waals surface area contributed by atoms with E-state index in [2.05, 4.69) is 18.7 Å². The fourth-order valence-corrected chi connectivity index (χ4v) is 1.11. The second kappa shape index (κ2) is 5.81. The van der Waals surface area contributed by atoms with Crippen LogP contribution in [0.25, 0.3) is 0 Å². The van der Waals surface area contributed by atoms with Gasteiger partial charge in [-0.25, -0.2) is 0 Å². The smallest absolute Gasteiger partial charge is 0.0180 e. The molecule has 0 atom stereocenters. The van der Waals surface area contributed by atoms with Gasteiger partial charge >= 0.3 is 0 Å². The Morgan fingerprint density at radius 3 is 2.33 bits per heavy atom. The highest BCUT2D eigenvalue weighted by molar-refractivity contribution is 5.85. The molecule has 2 N–H and O–H groups in total. The first-order valence-electron chi connectivity index (χ1n) is 3.76. The van der Waals surface area contributed by atoms with Gasteiger partial charge in [-0.1, -0.05) is 30.3 Å². The first-order valence-corrected chi connectivity index (χ1v) is 3.76. The Morgan fingerprint density at radius 2 is 1.83 bits per heavy atom. The minimum atomic E-state index is 0. The van der Waals surface area contributed by atoms with Gasteiger partial charge in [0.2, 0.25) is 0 Å². The summed E-state index contributed by atoms with van der Waals surface area (Å²) in [5.41, 5.74) is 8.04. The Morgan fingerprint density at radius 1 is 1.25 bits per heavy atom. The van der Waals surface area contributed by atoms with Gasteiger partial charge in [0.25, 0.3) is 0 Å². The highest BCUT2D eigenvalue weighted by atomic mass is 35.5. The van der Waals surface area contributed by atoms with Crippen LogP contribution in [-0.4, -0.2) is 0 Å². The molecule has 0 unspecified atom stereocenters. The molecule has 0 radical (unpaired) electrons. The van der Waals surface area contributed by atoms with Crippen molar-refractivity contribution in [3.63, 3.8) is 0 Å². The Hall–Kier alpha value is -0.790. The van der Waals surface area contributed by atoms with E-state index < -0.39 is 0 Å². The van der Waals surface area contributed by atoms with Gasteiger partial charge in [0.05, 0.1) is 0 Å². The first-order chi connectivity index (χ1) is 5.38. The molecule has 2 heteroatoms. The predicted molar refractivity (Wildman–Crippen MR) is 55.5 cm³/mol. The molecule has 0 aliphatic carbocycles. The van der Waals surface area contributed by atoms with Crippen molar-refractivity contribution in [2.45, 2.75) is 13.0 Å². The summed E-state index contributed by atoms with van der Waals surface area (Å²) in [4.78, 5) is 0. The van der Waals surface area contributed by atoms with Crippen LogP contribution in [0, 0.1) is 0 Å². The number of rotatable bonds is 3. The molecule has 1 nitrogen and oxygen atoms in total. The van der Waals surface area contributed by atoms with Crippen LogP contribution in [0.1, 0.15) is 11.1 Å². The molecule has 66 valence electrons. The van der Waals surface area contributed by atoms with Gasteiger partial charge in [0.1, 0.15) is 0 Å². The highest BCUT2D eigenvalue weighted by Crippen LogP contribution is 2.08. The van der Waals surface area contributed by atoms with Crippen LogP contribution in [0.3, 0.4) is 0 Å². The number of allylic oxidation sites excluding steroid dienone is 1. The maximum absolute atomic E-state index is 5.55. The monoisotopic (exact) mass is 183 g/mol. The fourth-order valence-electron chi connectivity index (χ4n) is 1.11. The second-order valence-electron chi connectivity index (χ2n) is 2.47. The standard InChI is InChI=1S/C10H13N.ClH/c1-2-5-9-6-3-4-7-10(9)8-11;/h2-4,6-7H,1,5,8,11H2;1H. The molecule has 0 heterocycles. The number of hydrogen-bond donors (Lipinski definition) is 1. The van der Waals surface area contributed by atoms with Crippen LogP contribution >= 0.6 is 12.4 Å². The number of hydrogen-bond acceptors (Lipinski definition) is 1. The molecule has 0 aromatic heterocycles. The number of benzene rings is 1. The summed E-state index contributed by atoms with van der Waals surface area (Å²) in [6.45, 7) is 4.31. The third-order valence-corrected chi connectivity index (χ3v) is 1.70. The van der Waals surface area contributed by atoms with Crippen LogP contribution < -0.4 is 5.73 Å². The van der Waals surface area contributed by atoms with Crippen molar-refractivity contribution >= 4 is 12.4 Å². The van der Waals surface area contributed by atoms with Crippen molar-refractivity contribution in [1.29, 1.82) is 0 Å². The maximum Gasteiger partial charge on any atom is 0.0180 e. The molecular formula is C10H14ClN. The average Bonchev–Trinajstić information content (AvgIpc) is 2.06. The topological polar surface area (TPSA) is 26.0 Å². The lowest BCUT2D eigenvalue weighted by Gasteiger charge is -2.03. The largest absolute Gasteiger partial charge is 0.326 e. The summed E-state index contributed by atoms with van der Waals surface area (Å²) in [7, 11) is 0. The predicted octanol–water partition coefficient (Wildman–Crippen LogP) is 2.30. The van der Waals surface area contributed by atoms with E-state index in [-0.39, 0.29) is 12.4 Å². The van der Waals surface area contributed by atoms with Crippen molar-refractivity contribution < 1.29 is 0 Å². The molecule has 1 aromatic carbocycles.